The van der Waals surface area contributed by atoms with Crippen LogP contribution in [0.15, 0.2) is 24.3 Å². The quantitative estimate of drug-likeness (QED) is 0.849. The summed E-state index contributed by atoms with van der Waals surface area (Å²) >= 11 is 0. The van der Waals surface area contributed by atoms with Crippen LogP contribution in [0, 0.1) is 11.8 Å². The second kappa shape index (κ2) is 7.25. The van der Waals surface area contributed by atoms with Crippen LogP contribution in [0.2, 0.25) is 0 Å². The second-order valence-electron chi connectivity index (χ2n) is 6.60. The van der Waals surface area contributed by atoms with Crippen molar-refractivity contribution >= 4 is 11.6 Å². The first-order valence-corrected chi connectivity index (χ1v) is 8.44. The first-order chi connectivity index (χ1) is 10.7. The summed E-state index contributed by atoms with van der Waals surface area (Å²) in [5.41, 5.74) is 2.15. The third-order valence-electron chi connectivity index (χ3n) is 4.59. The SMILES string of the molecule is C[C@H](NC[C@@H]1CCCOC1)c1ccc(NC(=O)C2CC2)cc1. The molecule has 120 valence electrons. The van der Waals surface area contributed by atoms with Crippen LogP contribution in [0.25, 0.3) is 0 Å². The summed E-state index contributed by atoms with van der Waals surface area (Å²) in [6, 6.07) is 8.50. The average Bonchev–Trinajstić information content (AvgIpc) is 3.39. The summed E-state index contributed by atoms with van der Waals surface area (Å²) in [7, 11) is 0. The maximum absolute atomic E-state index is 11.7. The van der Waals surface area contributed by atoms with E-state index in [4.69, 9.17) is 4.74 Å². The number of anilines is 1. The molecule has 0 bridgehead atoms. The smallest absolute Gasteiger partial charge is 0.227 e. The lowest BCUT2D eigenvalue weighted by Crippen LogP contribution is -2.30. The molecule has 0 unspecified atom stereocenters. The van der Waals surface area contributed by atoms with Gasteiger partial charge in [-0.1, -0.05) is 12.1 Å². The van der Waals surface area contributed by atoms with Crippen LogP contribution in [-0.2, 0) is 9.53 Å². The van der Waals surface area contributed by atoms with E-state index in [2.05, 4.69) is 29.7 Å². The fourth-order valence-electron chi connectivity index (χ4n) is 2.87. The van der Waals surface area contributed by atoms with E-state index in [0.717, 1.165) is 38.3 Å². The van der Waals surface area contributed by atoms with Crippen molar-refractivity contribution in [3.63, 3.8) is 0 Å². The van der Waals surface area contributed by atoms with Crippen LogP contribution in [0.1, 0.15) is 44.2 Å². The van der Waals surface area contributed by atoms with Crippen molar-refractivity contribution in [2.24, 2.45) is 11.8 Å². The Bertz CT molecular complexity index is 490. The van der Waals surface area contributed by atoms with Gasteiger partial charge in [0.1, 0.15) is 0 Å². The zero-order valence-corrected chi connectivity index (χ0v) is 13.3. The molecule has 2 aliphatic rings. The maximum atomic E-state index is 11.7. The third kappa shape index (κ3) is 4.31. The normalized spacial score (nSPS) is 23.0. The molecule has 0 spiro atoms. The van der Waals surface area contributed by atoms with Crippen LogP contribution in [0.3, 0.4) is 0 Å². The maximum Gasteiger partial charge on any atom is 0.227 e. The van der Waals surface area contributed by atoms with Crippen LogP contribution in [-0.4, -0.2) is 25.7 Å². The summed E-state index contributed by atoms with van der Waals surface area (Å²) in [6.07, 6.45) is 4.51. The first-order valence-electron chi connectivity index (χ1n) is 8.44. The molecule has 0 radical (unpaired) electrons. The first kappa shape index (κ1) is 15.5. The van der Waals surface area contributed by atoms with Gasteiger partial charge >= 0.3 is 0 Å². The van der Waals surface area contributed by atoms with E-state index in [1.807, 2.05) is 12.1 Å². The van der Waals surface area contributed by atoms with Crippen molar-refractivity contribution in [2.75, 3.05) is 25.1 Å². The molecule has 1 saturated carbocycles. The summed E-state index contributed by atoms with van der Waals surface area (Å²) in [6.45, 7) is 4.98. The molecular formula is C18H26N2O2. The van der Waals surface area contributed by atoms with Gasteiger partial charge in [-0.2, -0.15) is 0 Å². The molecule has 1 aliphatic carbocycles. The van der Waals surface area contributed by atoms with E-state index < -0.39 is 0 Å². The number of hydrogen-bond acceptors (Lipinski definition) is 3. The average molecular weight is 302 g/mol. The van der Waals surface area contributed by atoms with Crippen molar-refractivity contribution in [1.82, 2.24) is 5.32 Å². The van der Waals surface area contributed by atoms with Crippen molar-refractivity contribution in [3.05, 3.63) is 29.8 Å². The molecule has 4 heteroatoms. The second-order valence-corrected chi connectivity index (χ2v) is 6.60. The summed E-state index contributed by atoms with van der Waals surface area (Å²) < 4.78 is 5.52. The Kier molecular flexibility index (Phi) is 5.11. The molecule has 4 nitrogen and oxygen atoms in total. The van der Waals surface area contributed by atoms with Gasteiger partial charge in [-0.05, 0) is 56.2 Å². The van der Waals surface area contributed by atoms with Gasteiger partial charge in [0.25, 0.3) is 0 Å². The van der Waals surface area contributed by atoms with Gasteiger partial charge in [-0.15, -0.1) is 0 Å². The Hall–Kier alpha value is -1.39. The lowest BCUT2D eigenvalue weighted by Gasteiger charge is -2.24. The van der Waals surface area contributed by atoms with Crippen molar-refractivity contribution in [3.8, 4) is 0 Å². The van der Waals surface area contributed by atoms with E-state index in [1.54, 1.807) is 0 Å². The van der Waals surface area contributed by atoms with Gasteiger partial charge in [0.15, 0.2) is 0 Å². The lowest BCUT2D eigenvalue weighted by atomic mass is 10.0. The number of carbonyl (C=O) groups is 1. The number of carbonyl (C=O) groups excluding carboxylic acids is 1. The number of ether oxygens (including phenoxy) is 1. The number of hydrogen-bond donors (Lipinski definition) is 2. The highest BCUT2D eigenvalue weighted by Crippen LogP contribution is 2.30. The molecule has 2 atom stereocenters. The van der Waals surface area contributed by atoms with Crippen molar-refractivity contribution in [1.29, 1.82) is 0 Å². The van der Waals surface area contributed by atoms with Crippen LogP contribution >= 0.6 is 0 Å². The van der Waals surface area contributed by atoms with Crippen LogP contribution in [0.5, 0.6) is 0 Å². The predicted molar refractivity (Wildman–Crippen MR) is 87.8 cm³/mol. The van der Waals surface area contributed by atoms with Gasteiger partial charge in [0.2, 0.25) is 5.91 Å². The summed E-state index contributed by atoms with van der Waals surface area (Å²) in [4.78, 5) is 11.7. The zero-order chi connectivity index (χ0) is 15.4. The molecule has 1 saturated heterocycles. The highest BCUT2D eigenvalue weighted by Gasteiger charge is 2.29. The van der Waals surface area contributed by atoms with E-state index in [1.165, 1.54) is 18.4 Å². The molecule has 1 aromatic rings. The van der Waals surface area contributed by atoms with E-state index >= 15 is 0 Å². The highest BCUT2D eigenvalue weighted by atomic mass is 16.5. The van der Waals surface area contributed by atoms with Crippen molar-refractivity contribution < 1.29 is 9.53 Å². The van der Waals surface area contributed by atoms with Gasteiger partial charge < -0.3 is 15.4 Å². The fraction of sp³-hybridized carbons (Fsp3) is 0.611. The molecule has 1 aliphatic heterocycles. The summed E-state index contributed by atoms with van der Waals surface area (Å²) in [5.74, 6) is 1.04. The van der Waals surface area contributed by atoms with Gasteiger partial charge in [-0.25, -0.2) is 0 Å². The predicted octanol–water partition coefficient (Wildman–Crippen LogP) is 3.11. The molecule has 2 N–H and O–H groups in total. The molecule has 3 rings (SSSR count). The Morgan fingerprint density at radius 2 is 2.05 bits per heavy atom. The minimum absolute atomic E-state index is 0.163. The summed E-state index contributed by atoms with van der Waals surface area (Å²) in [5, 5.41) is 6.57. The number of rotatable bonds is 6. The molecule has 0 aromatic heterocycles. The molecular weight excluding hydrogens is 276 g/mol. The van der Waals surface area contributed by atoms with Crippen LogP contribution < -0.4 is 10.6 Å². The number of benzene rings is 1. The van der Waals surface area contributed by atoms with E-state index in [-0.39, 0.29) is 11.8 Å². The fourth-order valence-corrected chi connectivity index (χ4v) is 2.87. The van der Waals surface area contributed by atoms with Gasteiger partial charge in [-0.3, -0.25) is 4.79 Å². The van der Waals surface area contributed by atoms with Gasteiger partial charge in [0, 0.05) is 30.8 Å². The van der Waals surface area contributed by atoms with Crippen molar-refractivity contribution in [2.45, 2.75) is 38.6 Å². The molecule has 1 aromatic carbocycles. The molecule has 1 amide bonds. The molecule has 1 heterocycles. The Labute approximate surface area is 132 Å². The largest absolute Gasteiger partial charge is 0.381 e. The highest BCUT2D eigenvalue weighted by molar-refractivity contribution is 5.93. The Balaban J connectivity index is 1.47. The molecule has 22 heavy (non-hydrogen) atoms. The topological polar surface area (TPSA) is 50.4 Å². The number of amides is 1. The lowest BCUT2D eigenvalue weighted by molar-refractivity contribution is -0.117. The monoisotopic (exact) mass is 302 g/mol. The molecule has 2 fully saturated rings. The van der Waals surface area contributed by atoms with E-state index in [0.29, 0.717) is 12.0 Å². The minimum Gasteiger partial charge on any atom is -0.381 e. The van der Waals surface area contributed by atoms with Crippen LogP contribution in [0.4, 0.5) is 5.69 Å². The Morgan fingerprint density at radius 3 is 2.68 bits per heavy atom. The minimum atomic E-state index is 0.163. The number of nitrogens with one attached hydrogen (secondary N) is 2. The third-order valence-corrected chi connectivity index (χ3v) is 4.59. The zero-order valence-electron chi connectivity index (χ0n) is 13.3. The van der Waals surface area contributed by atoms with E-state index in [9.17, 15) is 4.79 Å². The Morgan fingerprint density at radius 1 is 1.27 bits per heavy atom. The van der Waals surface area contributed by atoms with Gasteiger partial charge in [0.05, 0.1) is 6.61 Å². The standard InChI is InChI=1S/C18H26N2O2/c1-13(19-11-14-3-2-10-22-12-14)15-6-8-17(9-7-15)20-18(21)16-4-5-16/h6-9,13-14,16,19H,2-5,10-12H2,1H3,(H,20,21)/t13-,14-/m0/s1.